The van der Waals surface area contributed by atoms with E-state index >= 15 is 0 Å². The van der Waals surface area contributed by atoms with Gasteiger partial charge in [0.25, 0.3) is 0 Å². The largest absolute Gasteiger partial charge is 0.489 e. The number of hydrogen-bond acceptors (Lipinski definition) is 3. The van der Waals surface area contributed by atoms with Gasteiger partial charge in [-0.3, -0.25) is 4.79 Å². The number of amides is 1. The van der Waals surface area contributed by atoms with E-state index in [1.54, 1.807) is 26.2 Å². The van der Waals surface area contributed by atoms with Crippen LogP contribution in [0.4, 0.5) is 4.39 Å². The molecule has 0 radical (unpaired) electrons. The molecule has 0 bridgehead atoms. The number of hydrogen-bond donors (Lipinski definition) is 2. The van der Waals surface area contributed by atoms with Crippen molar-refractivity contribution in [1.82, 2.24) is 15.5 Å². The number of rotatable bonds is 8. The highest BCUT2D eigenvalue weighted by Crippen LogP contribution is 2.14. The van der Waals surface area contributed by atoms with Gasteiger partial charge in [0.2, 0.25) is 5.91 Å². The summed E-state index contributed by atoms with van der Waals surface area (Å²) >= 11 is 0. The van der Waals surface area contributed by atoms with Crippen molar-refractivity contribution in [3.05, 3.63) is 66.0 Å². The van der Waals surface area contributed by atoms with Crippen molar-refractivity contribution < 1.29 is 13.9 Å². The summed E-state index contributed by atoms with van der Waals surface area (Å²) in [7, 11) is 3.39. The molecule has 2 aromatic rings. The van der Waals surface area contributed by atoms with Gasteiger partial charge < -0.3 is 20.3 Å². The molecular formula is C22H29FN4O2. The second-order valence-electron chi connectivity index (χ2n) is 7.00. The Balaban J connectivity index is 2.00. The van der Waals surface area contributed by atoms with Gasteiger partial charge in [0.15, 0.2) is 5.96 Å². The molecule has 2 N–H and O–H groups in total. The lowest BCUT2D eigenvalue weighted by Crippen LogP contribution is -2.43. The topological polar surface area (TPSA) is 66.0 Å². The van der Waals surface area contributed by atoms with Gasteiger partial charge in [-0.1, -0.05) is 36.4 Å². The van der Waals surface area contributed by atoms with E-state index in [2.05, 4.69) is 15.6 Å². The summed E-state index contributed by atoms with van der Waals surface area (Å²) in [6.45, 7) is 4.36. The quantitative estimate of drug-likeness (QED) is 0.528. The third-order valence-electron chi connectivity index (χ3n) is 4.21. The number of aliphatic imine (C=N–C) groups is 1. The number of benzene rings is 2. The van der Waals surface area contributed by atoms with Crippen molar-refractivity contribution in [2.75, 3.05) is 27.2 Å². The third-order valence-corrected chi connectivity index (χ3v) is 4.21. The molecule has 0 aliphatic rings. The number of ether oxygens (including phenoxy) is 1. The molecule has 156 valence electrons. The molecule has 2 rings (SSSR count). The summed E-state index contributed by atoms with van der Waals surface area (Å²) < 4.78 is 19.1. The van der Waals surface area contributed by atoms with Gasteiger partial charge in [0.05, 0.1) is 12.6 Å². The summed E-state index contributed by atoms with van der Waals surface area (Å²) in [5.41, 5.74) is 1.10. The summed E-state index contributed by atoms with van der Waals surface area (Å²) in [5.74, 6) is 0.533. The monoisotopic (exact) mass is 400 g/mol. The molecule has 2 unspecified atom stereocenters. The Morgan fingerprint density at radius 3 is 2.52 bits per heavy atom. The van der Waals surface area contributed by atoms with Crippen molar-refractivity contribution >= 4 is 11.9 Å². The molecular weight excluding hydrogens is 371 g/mol. The van der Waals surface area contributed by atoms with E-state index in [4.69, 9.17) is 4.74 Å². The molecule has 0 saturated carbocycles. The summed E-state index contributed by atoms with van der Waals surface area (Å²) in [4.78, 5) is 17.8. The molecule has 1 amide bonds. The fraction of sp³-hybridized carbons (Fsp3) is 0.364. The van der Waals surface area contributed by atoms with E-state index in [9.17, 15) is 9.18 Å². The third kappa shape index (κ3) is 7.81. The Kier molecular flexibility index (Phi) is 8.45. The zero-order valence-corrected chi connectivity index (χ0v) is 17.4. The molecule has 2 atom stereocenters. The van der Waals surface area contributed by atoms with Crippen LogP contribution in [-0.2, 0) is 4.79 Å². The molecule has 6 nitrogen and oxygen atoms in total. The Morgan fingerprint density at radius 1 is 1.14 bits per heavy atom. The highest BCUT2D eigenvalue weighted by molar-refractivity contribution is 5.85. The molecule has 2 aromatic carbocycles. The van der Waals surface area contributed by atoms with Gasteiger partial charge >= 0.3 is 0 Å². The van der Waals surface area contributed by atoms with Gasteiger partial charge in [-0.05, 0) is 31.5 Å². The number of halogens is 1. The van der Waals surface area contributed by atoms with Crippen molar-refractivity contribution in [1.29, 1.82) is 0 Å². The van der Waals surface area contributed by atoms with Crippen LogP contribution in [0.2, 0.25) is 0 Å². The second-order valence-corrected chi connectivity index (χ2v) is 7.00. The molecule has 0 heterocycles. The van der Waals surface area contributed by atoms with Crippen LogP contribution in [0.5, 0.6) is 5.75 Å². The number of carbonyl (C=O) groups excluding carboxylic acids is 1. The van der Waals surface area contributed by atoms with E-state index in [1.807, 2.05) is 44.2 Å². The highest BCUT2D eigenvalue weighted by Gasteiger charge is 2.12. The van der Waals surface area contributed by atoms with Gasteiger partial charge in [-0.25, -0.2) is 9.38 Å². The molecule has 0 aliphatic carbocycles. The van der Waals surface area contributed by atoms with E-state index < -0.39 is 0 Å². The Labute approximate surface area is 171 Å². The second kappa shape index (κ2) is 11.0. The maximum atomic E-state index is 13.3. The Hall–Kier alpha value is -3.09. The first kappa shape index (κ1) is 22.2. The first-order chi connectivity index (χ1) is 13.8. The number of guanidine groups is 1. The standard InChI is InChI=1S/C22H29FN4O2/c1-16(29-20-12-8-11-19(23)13-20)14-24-22(25-15-21(28)27(3)4)26-17(2)18-9-6-5-7-10-18/h5-13,16-17H,14-15H2,1-4H3,(H2,24,25,26). The highest BCUT2D eigenvalue weighted by atomic mass is 19.1. The van der Waals surface area contributed by atoms with E-state index in [-0.39, 0.29) is 30.4 Å². The summed E-state index contributed by atoms with van der Waals surface area (Å²) in [6.07, 6.45) is -0.236. The molecule has 29 heavy (non-hydrogen) atoms. The smallest absolute Gasteiger partial charge is 0.243 e. The molecule has 0 aromatic heterocycles. The molecule has 0 fully saturated rings. The van der Waals surface area contributed by atoms with E-state index in [0.29, 0.717) is 18.3 Å². The van der Waals surface area contributed by atoms with Crippen molar-refractivity contribution in [2.24, 2.45) is 4.99 Å². The number of nitrogens with zero attached hydrogens (tertiary/aromatic N) is 2. The van der Waals surface area contributed by atoms with Crippen LogP contribution < -0.4 is 15.4 Å². The normalized spacial score (nSPS) is 13.3. The predicted octanol–water partition coefficient (Wildman–Crippen LogP) is 2.98. The maximum Gasteiger partial charge on any atom is 0.243 e. The molecule has 0 aliphatic heterocycles. The van der Waals surface area contributed by atoms with E-state index in [0.717, 1.165) is 5.56 Å². The number of likely N-dealkylation sites (N-methyl/N-ethyl adjacent to an activating group) is 1. The fourth-order valence-electron chi connectivity index (χ4n) is 2.53. The zero-order chi connectivity index (χ0) is 21.2. The first-order valence-corrected chi connectivity index (χ1v) is 9.57. The van der Waals surface area contributed by atoms with Crippen LogP contribution in [-0.4, -0.2) is 50.1 Å². The minimum absolute atomic E-state index is 0.00338. The van der Waals surface area contributed by atoms with Gasteiger partial charge in [-0.2, -0.15) is 0 Å². The zero-order valence-electron chi connectivity index (χ0n) is 17.4. The van der Waals surface area contributed by atoms with Gasteiger partial charge in [0, 0.05) is 20.2 Å². The van der Waals surface area contributed by atoms with Crippen LogP contribution in [0.25, 0.3) is 0 Å². The molecule has 0 spiro atoms. The van der Waals surface area contributed by atoms with Crippen molar-refractivity contribution in [2.45, 2.75) is 26.0 Å². The molecule has 7 heteroatoms. The predicted molar refractivity (Wildman–Crippen MR) is 113 cm³/mol. The Bertz CT molecular complexity index is 811. The number of carbonyl (C=O) groups is 1. The Morgan fingerprint density at radius 2 is 1.86 bits per heavy atom. The molecule has 0 saturated heterocycles. The maximum absolute atomic E-state index is 13.3. The minimum atomic E-state index is -0.342. The van der Waals surface area contributed by atoms with Crippen molar-refractivity contribution in [3.63, 3.8) is 0 Å². The van der Waals surface area contributed by atoms with Crippen LogP contribution in [0, 0.1) is 5.82 Å². The van der Waals surface area contributed by atoms with Crippen molar-refractivity contribution in [3.8, 4) is 5.75 Å². The lowest BCUT2D eigenvalue weighted by molar-refractivity contribution is -0.127. The average molecular weight is 400 g/mol. The summed E-state index contributed by atoms with van der Waals surface area (Å²) in [6, 6.07) is 16.0. The van der Waals surface area contributed by atoms with Crippen LogP contribution in [0.3, 0.4) is 0 Å². The van der Waals surface area contributed by atoms with Gasteiger partial charge in [-0.15, -0.1) is 0 Å². The SMILES string of the molecule is CC(CNC(=NCC(=O)N(C)C)NC(C)c1ccccc1)Oc1cccc(F)c1. The lowest BCUT2D eigenvalue weighted by atomic mass is 10.1. The average Bonchev–Trinajstić information content (AvgIpc) is 2.70. The van der Waals surface area contributed by atoms with E-state index in [1.165, 1.54) is 17.0 Å². The number of nitrogens with one attached hydrogen (secondary N) is 2. The van der Waals surface area contributed by atoms with Crippen LogP contribution in [0.1, 0.15) is 25.5 Å². The summed E-state index contributed by atoms with van der Waals surface area (Å²) in [5, 5.41) is 6.51. The van der Waals surface area contributed by atoms with Gasteiger partial charge in [0.1, 0.15) is 24.2 Å². The lowest BCUT2D eigenvalue weighted by Gasteiger charge is -2.21. The fourth-order valence-corrected chi connectivity index (χ4v) is 2.53. The minimum Gasteiger partial charge on any atom is -0.489 e. The van der Waals surface area contributed by atoms with Crippen LogP contribution >= 0.6 is 0 Å². The first-order valence-electron chi connectivity index (χ1n) is 9.57. The van der Waals surface area contributed by atoms with Crippen LogP contribution in [0.15, 0.2) is 59.6 Å².